The molecule has 170 valence electrons. The normalized spacial score (nSPS) is 11.6. The third-order valence-electron chi connectivity index (χ3n) is 5.71. The molecule has 1 aromatic heterocycles. The molecule has 34 heavy (non-hydrogen) atoms. The van der Waals surface area contributed by atoms with E-state index in [2.05, 4.69) is 10.0 Å². The fourth-order valence-corrected chi connectivity index (χ4v) is 4.99. The largest absolute Gasteiger partial charge is 0.451 e. The average Bonchev–Trinajstić information content (AvgIpc) is 3.27. The van der Waals surface area contributed by atoms with Gasteiger partial charge in [0.15, 0.2) is 5.76 Å². The Hall–Kier alpha value is -4.10. The van der Waals surface area contributed by atoms with Crippen molar-refractivity contribution in [1.82, 2.24) is 0 Å². The van der Waals surface area contributed by atoms with E-state index < -0.39 is 15.9 Å². The van der Waals surface area contributed by atoms with Gasteiger partial charge in [-0.15, -0.1) is 0 Å². The second kappa shape index (κ2) is 8.35. The first-order chi connectivity index (χ1) is 16.3. The first-order valence-corrected chi connectivity index (χ1v) is 12.2. The SMILES string of the molecule is Cc1ccc(C)c(NS(=O)(=O)c2ccc(NC(=O)c3cc4c(ccc5ccccc54)o3)cc2)c1. The summed E-state index contributed by atoms with van der Waals surface area (Å²) in [5.74, 6) is -0.232. The molecule has 1 heterocycles. The third-order valence-corrected chi connectivity index (χ3v) is 7.09. The molecule has 0 aliphatic heterocycles. The number of carbonyl (C=O) groups is 1. The first kappa shape index (κ1) is 21.7. The summed E-state index contributed by atoms with van der Waals surface area (Å²) >= 11 is 0. The highest BCUT2D eigenvalue weighted by Gasteiger charge is 2.17. The molecule has 5 rings (SSSR count). The molecule has 0 spiro atoms. The van der Waals surface area contributed by atoms with Crippen LogP contribution in [-0.4, -0.2) is 14.3 Å². The number of fused-ring (bicyclic) bond motifs is 3. The molecule has 0 unspecified atom stereocenters. The van der Waals surface area contributed by atoms with Crippen LogP contribution in [0, 0.1) is 13.8 Å². The number of hydrogen-bond donors (Lipinski definition) is 2. The van der Waals surface area contributed by atoms with Crippen molar-refractivity contribution in [2.75, 3.05) is 10.0 Å². The van der Waals surface area contributed by atoms with Gasteiger partial charge in [0.2, 0.25) is 0 Å². The maximum Gasteiger partial charge on any atom is 0.291 e. The van der Waals surface area contributed by atoms with Gasteiger partial charge in [0.25, 0.3) is 15.9 Å². The molecule has 0 fully saturated rings. The Morgan fingerprint density at radius 2 is 1.59 bits per heavy atom. The van der Waals surface area contributed by atoms with E-state index in [9.17, 15) is 13.2 Å². The van der Waals surface area contributed by atoms with Crippen LogP contribution in [0.15, 0.2) is 94.2 Å². The molecule has 0 radical (unpaired) electrons. The van der Waals surface area contributed by atoms with Crippen molar-refractivity contribution in [2.24, 2.45) is 0 Å². The summed E-state index contributed by atoms with van der Waals surface area (Å²) < 4.78 is 34.0. The minimum atomic E-state index is -3.77. The zero-order valence-corrected chi connectivity index (χ0v) is 19.4. The van der Waals surface area contributed by atoms with Gasteiger partial charge in [0, 0.05) is 11.1 Å². The minimum Gasteiger partial charge on any atom is -0.451 e. The van der Waals surface area contributed by atoms with Gasteiger partial charge < -0.3 is 9.73 Å². The van der Waals surface area contributed by atoms with Gasteiger partial charge in [-0.05, 0) is 78.2 Å². The van der Waals surface area contributed by atoms with E-state index in [0.29, 0.717) is 17.0 Å². The summed E-state index contributed by atoms with van der Waals surface area (Å²) in [6.45, 7) is 3.75. The number of rotatable bonds is 5. The van der Waals surface area contributed by atoms with Gasteiger partial charge in [-0.3, -0.25) is 9.52 Å². The van der Waals surface area contributed by atoms with Crippen molar-refractivity contribution in [3.63, 3.8) is 0 Å². The molecule has 0 bridgehead atoms. The number of hydrogen-bond acceptors (Lipinski definition) is 4. The number of sulfonamides is 1. The predicted octanol–water partition coefficient (Wildman–Crippen LogP) is 6.26. The number of nitrogens with one attached hydrogen (secondary N) is 2. The molecule has 6 nitrogen and oxygen atoms in total. The van der Waals surface area contributed by atoms with Crippen LogP contribution in [0.25, 0.3) is 21.7 Å². The zero-order valence-electron chi connectivity index (χ0n) is 18.6. The summed E-state index contributed by atoms with van der Waals surface area (Å²) in [4.78, 5) is 12.9. The van der Waals surface area contributed by atoms with E-state index in [0.717, 1.165) is 27.3 Å². The summed E-state index contributed by atoms with van der Waals surface area (Å²) in [6, 6.07) is 25.0. The van der Waals surface area contributed by atoms with E-state index >= 15 is 0 Å². The number of aryl methyl sites for hydroxylation is 2. The number of carbonyl (C=O) groups excluding carboxylic acids is 1. The molecule has 1 amide bonds. The van der Waals surface area contributed by atoms with E-state index in [4.69, 9.17) is 4.42 Å². The Kier molecular flexibility index (Phi) is 5.34. The van der Waals surface area contributed by atoms with Crippen molar-refractivity contribution in [2.45, 2.75) is 18.7 Å². The average molecular weight is 471 g/mol. The maximum absolute atomic E-state index is 12.8. The summed E-state index contributed by atoms with van der Waals surface area (Å²) in [7, 11) is -3.77. The van der Waals surface area contributed by atoms with E-state index in [1.807, 2.05) is 62.4 Å². The molecule has 4 aromatic carbocycles. The first-order valence-electron chi connectivity index (χ1n) is 10.7. The van der Waals surface area contributed by atoms with E-state index in [1.165, 1.54) is 12.1 Å². The Morgan fingerprint density at radius 1 is 0.824 bits per heavy atom. The summed E-state index contributed by atoms with van der Waals surface area (Å²) in [5.41, 5.74) is 3.41. The smallest absolute Gasteiger partial charge is 0.291 e. The van der Waals surface area contributed by atoms with Crippen LogP contribution in [0.3, 0.4) is 0 Å². The number of furan rings is 1. The van der Waals surface area contributed by atoms with Crippen LogP contribution in [0.5, 0.6) is 0 Å². The molecule has 5 aromatic rings. The topological polar surface area (TPSA) is 88.4 Å². The monoisotopic (exact) mass is 470 g/mol. The number of anilines is 2. The van der Waals surface area contributed by atoms with Crippen molar-refractivity contribution < 1.29 is 17.6 Å². The lowest BCUT2D eigenvalue weighted by Crippen LogP contribution is -2.14. The molecule has 0 aliphatic rings. The Morgan fingerprint density at radius 3 is 2.38 bits per heavy atom. The molecule has 0 saturated heterocycles. The molecule has 0 aliphatic carbocycles. The molecular formula is C27H22N2O4S. The molecule has 0 saturated carbocycles. The summed E-state index contributed by atoms with van der Waals surface area (Å²) in [6.07, 6.45) is 0. The van der Waals surface area contributed by atoms with Crippen molar-refractivity contribution >= 4 is 49.0 Å². The van der Waals surface area contributed by atoms with Crippen LogP contribution in [-0.2, 0) is 10.0 Å². The lowest BCUT2D eigenvalue weighted by atomic mass is 10.1. The van der Waals surface area contributed by atoms with Crippen LogP contribution in [0.1, 0.15) is 21.7 Å². The van der Waals surface area contributed by atoms with Crippen molar-refractivity contribution in [3.05, 3.63) is 102 Å². The van der Waals surface area contributed by atoms with Gasteiger partial charge in [-0.1, -0.05) is 42.5 Å². The van der Waals surface area contributed by atoms with Gasteiger partial charge in [0.05, 0.1) is 10.6 Å². The fraction of sp³-hybridized carbons (Fsp3) is 0.0741. The second-order valence-corrected chi connectivity index (χ2v) is 9.89. The Balaban J connectivity index is 1.35. The highest BCUT2D eigenvalue weighted by Crippen LogP contribution is 2.29. The highest BCUT2D eigenvalue weighted by atomic mass is 32.2. The van der Waals surface area contributed by atoms with E-state index in [1.54, 1.807) is 24.3 Å². The second-order valence-electron chi connectivity index (χ2n) is 8.21. The van der Waals surface area contributed by atoms with Gasteiger partial charge in [0.1, 0.15) is 5.58 Å². The molecule has 2 N–H and O–H groups in total. The zero-order chi connectivity index (χ0) is 23.9. The quantitative estimate of drug-likeness (QED) is 0.317. The third kappa shape index (κ3) is 4.13. The van der Waals surface area contributed by atoms with Crippen LogP contribution in [0.4, 0.5) is 11.4 Å². The highest BCUT2D eigenvalue weighted by molar-refractivity contribution is 7.92. The predicted molar refractivity (Wildman–Crippen MR) is 135 cm³/mol. The van der Waals surface area contributed by atoms with E-state index in [-0.39, 0.29) is 10.7 Å². The van der Waals surface area contributed by atoms with Gasteiger partial charge in [-0.25, -0.2) is 8.42 Å². The lowest BCUT2D eigenvalue weighted by Gasteiger charge is -2.12. The number of benzene rings is 4. The van der Waals surface area contributed by atoms with Crippen LogP contribution < -0.4 is 10.0 Å². The molecule has 7 heteroatoms. The Labute approximate surface area is 197 Å². The van der Waals surface area contributed by atoms with Crippen molar-refractivity contribution in [1.29, 1.82) is 0 Å². The van der Waals surface area contributed by atoms with Crippen LogP contribution >= 0.6 is 0 Å². The molecule has 0 atom stereocenters. The maximum atomic E-state index is 12.8. The van der Waals surface area contributed by atoms with Crippen LogP contribution in [0.2, 0.25) is 0 Å². The lowest BCUT2D eigenvalue weighted by molar-refractivity contribution is 0.0998. The molecular weight excluding hydrogens is 448 g/mol. The van der Waals surface area contributed by atoms with Crippen molar-refractivity contribution in [3.8, 4) is 0 Å². The fourth-order valence-electron chi connectivity index (χ4n) is 3.86. The van der Waals surface area contributed by atoms with Gasteiger partial charge >= 0.3 is 0 Å². The standard InChI is InChI=1S/C27H22N2O4S/c1-17-7-8-18(2)24(15-17)29-34(31,32)21-12-10-20(11-13-21)28-27(30)26-16-23-22-6-4-3-5-19(22)9-14-25(23)33-26/h3-16,29H,1-2H3,(H,28,30). The Bertz CT molecular complexity index is 1650. The minimum absolute atomic E-state index is 0.0987. The summed E-state index contributed by atoms with van der Waals surface area (Å²) in [5, 5.41) is 5.70. The number of amides is 1. The van der Waals surface area contributed by atoms with Gasteiger partial charge in [-0.2, -0.15) is 0 Å².